The van der Waals surface area contributed by atoms with E-state index >= 15 is 0 Å². The molecule has 0 bridgehead atoms. The zero-order valence-electron chi connectivity index (χ0n) is 10.9. The highest BCUT2D eigenvalue weighted by Gasteiger charge is 2.14. The largest absolute Gasteiger partial charge is 0.383 e. The smallest absolute Gasteiger partial charge is 0.129 e. The Labute approximate surface area is 102 Å². The lowest BCUT2D eigenvalue weighted by Gasteiger charge is -2.06. The summed E-state index contributed by atoms with van der Waals surface area (Å²) in [5.41, 5.74) is 12.0. The van der Waals surface area contributed by atoms with Gasteiger partial charge in [-0.15, -0.1) is 0 Å². The Bertz CT molecular complexity index is 553. The average molecular weight is 229 g/mol. The maximum absolute atomic E-state index is 6.10. The second kappa shape index (κ2) is 4.24. The summed E-state index contributed by atoms with van der Waals surface area (Å²) in [5, 5.41) is 4.45. The molecule has 3 nitrogen and oxygen atoms in total. The fourth-order valence-electron chi connectivity index (χ4n) is 2.05. The number of anilines is 1. The van der Waals surface area contributed by atoms with Crippen molar-refractivity contribution >= 4 is 5.82 Å². The molecule has 17 heavy (non-hydrogen) atoms. The van der Waals surface area contributed by atoms with Crippen LogP contribution in [-0.2, 0) is 13.5 Å². The molecular weight excluding hydrogens is 210 g/mol. The highest BCUT2D eigenvalue weighted by molar-refractivity contribution is 5.77. The van der Waals surface area contributed by atoms with Crippen LogP contribution >= 0.6 is 0 Å². The van der Waals surface area contributed by atoms with Crippen LogP contribution in [0.3, 0.4) is 0 Å². The molecule has 0 fully saturated rings. The molecular formula is C14H19N3. The third-order valence-corrected chi connectivity index (χ3v) is 3.29. The summed E-state index contributed by atoms with van der Waals surface area (Å²) in [7, 11) is 1.89. The molecule has 0 spiro atoms. The van der Waals surface area contributed by atoms with Gasteiger partial charge in [-0.2, -0.15) is 5.10 Å². The topological polar surface area (TPSA) is 43.8 Å². The number of nitrogens with two attached hydrogens (primary N) is 1. The predicted molar refractivity (Wildman–Crippen MR) is 71.9 cm³/mol. The number of hydrogen-bond donors (Lipinski definition) is 1. The summed E-state index contributed by atoms with van der Waals surface area (Å²) in [4.78, 5) is 0. The van der Waals surface area contributed by atoms with Gasteiger partial charge in [-0.05, 0) is 37.0 Å². The molecule has 1 aromatic carbocycles. The molecule has 0 saturated carbocycles. The van der Waals surface area contributed by atoms with Gasteiger partial charge in [0.05, 0.1) is 5.69 Å². The maximum atomic E-state index is 6.10. The Morgan fingerprint density at radius 3 is 2.53 bits per heavy atom. The maximum Gasteiger partial charge on any atom is 0.129 e. The van der Waals surface area contributed by atoms with Gasteiger partial charge in [0.2, 0.25) is 0 Å². The second-order valence-corrected chi connectivity index (χ2v) is 4.48. The standard InChI is InChI=1S/C14H19N3/c1-5-12-13(14(15)17(4)16-12)11-7-6-9(2)10(3)8-11/h6-8H,5,15H2,1-4H3. The van der Waals surface area contributed by atoms with Crippen LogP contribution in [0.4, 0.5) is 5.82 Å². The lowest BCUT2D eigenvalue weighted by atomic mass is 9.99. The average Bonchev–Trinajstić information content (AvgIpc) is 2.59. The van der Waals surface area contributed by atoms with Crippen LogP contribution in [-0.4, -0.2) is 9.78 Å². The molecule has 0 radical (unpaired) electrons. The molecule has 0 atom stereocenters. The Morgan fingerprint density at radius 2 is 1.94 bits per heavy atom. The lowest BCUT2D eigenvalue weighted by molar-refractivity contribution is 0.755. The zero-order valence-corrected chi connectivity index (χ0v) is 10.9. The van der Waals surface area contributed by atoms with Crippen molar-refractivity contribution in [2.24, 2.45) is 7.05 Å². The van der Waals surface area contributed by atoms with Crippen LogP contribution < -0.4 is 5.73 Å². The summed E-state index contributed by atoms with van der Waals surface area (Å²) in [6, 6.07) is 6.44. The summed E-state index contributed by atoms with van der Waals surface area (Å²) >= 11 is 0. The van der Waals surface area contributed by atoms with E-state index in [2.05, 4.69) is 44.1 Å². The third kappa shape index (κ3) is 1.93. The first-order chi connectivity index (χ1) is 8.04. The summed E-state index contributed by atoms with van der Waals surface area (Å²) in [6.07, 6.45) is 0.896. The van der Waals surface area contributed by atoms with Crippen LogP contribution in [0, 0.1) is 13.8 Å². The number of hydrogen-bond acceptors (Lipinski definition) is 2. The van der Waals surface area contributed by atoms with Gasteiger partial charge in [-0.25, -0.2) is 0 Å². The number of nitrogen functional groups attached to an aromatic ring is 1. The van der Waals surface area contributed by atoms with Crippen molar-refractivity contribution in [3.63, 3.8) is 0 Å². The molecule has 2 rings (SSSR count). The zero-order chi connectivity index (χ0) is 12.6. The molecule has 0 unspecified atom stereocenters. The van der Waals surface area contributed by atoms with E-state index in [0.29, 0.717) is 0 Å². The number of aromatic nitrogens is 2. The number of rotatable bonds is 2. The predicted octanol–water partition coefficient (Wildman–Crippen LogP) is 2.85. The molecule has 2 N–H and O–H groups in total. The highest BCUT2D eigenvalue weighted by atomic mass is 15.3. The van der Waals surface area contributed by atoms with E-state index in [1.165, 1.54) is 11.1 Å². The van der Waals surface area contributed by atoms with Crippen molar-refractivity contribution in [1.82, 2.24) is 9.78 Å². The van der Waals surface area contributed by atoms with Crippen LogP contribution in [0.15, 0.2) is 18.2 Å². The normalized spacial score (nSPS) is 10.8. The molecule has 90 valence electrons. The van der Waals surface area contributed by atoms with Gasteiger partial charge in [-0.3, -0.25) is 4.68 Å². The number of benzene rings is 1. The van der Waals surface area contributed by atoms with Crippen molar-refractivity contribution in [2.75, 3.05) is 5.73 Å². The van der Waals surface area contributed by atoms with E-state index in [-0.39, 0.29) is 0 Å². The molecule has 0 saturated heterocycles. The van der Waals surface area contributed by atoms with Crippen molar-refractivity contribution in [2.45, 2.75) is 27.2 Å². The molecule has 0 aliphatic rings. The summed E-state index contributed by atoms with van der Waals surface area (Å²) in [5.74, 6) is 0.741. The fourth-order valence-corrected chi connectivity index (χ4v) is 2.05. The van der Waals surface area contributed by atoms with Crippen molar-refractivity contribution in [3.05, 3.63) is 35.0 Å². The van der Waals surface area contributed by atoms with Crippen molar-refractivity contribution in [3.8, 4) is 11.1 Å². The lowest BCUT2D eigenvalue weighted by Crippen LogP contribution is -1.98. The van der Waals surface area contributed by atoms with Crippen LogP contribution in [0.5, 0.6) is 0 Å². The third-order valence-electron chi connectivity index (χ3n) is 3.29. The van der Waals surface area contributed by atoms with E-state index in [0.717, 1.165) is 29.1 Å². The Hall–Kier alpha value is -1.77. The minimum Gasteiger partial charge on any atom is -0.383 e. The minimum absolute atomic E-state index is 0.741. The Morgan fingerprint density at radius 1 is 1.24 bits per heavy atom. The Kier molecular flexibility index (Phi) is 2.92. The molecule has 3 heteroatoms. The SMILES string of the molecule is CCc1nn(C)c(N)c1-c1ccc(C)c(C)c1. The summed E-state index contributed by atoms with van der Waals surface area (Å²) < 4.78 is 1.75. The van der Waals surface area contributed by atoms with Gasteiger partial charge < -0.3 is 5.73 Å². The van der Waals surface area contributed by atoms with Gasteiger partial charge in [0.25, 0.3) is 0 Å². The van der Waals surface area contributed by atoms with Gasteiger partial charge in [0, 0.05) is 12.6 Å². The molecule has 1 heterocycles. The fraction of sp³-hybridized carbons (Fsp3) is 0.357. The quantitative estimate of drug-likeness (QED) is 0.860. The Balaban J connectivity index is 2.63. The van der Waals surface area contributed by atoms with Gasteiger partial charge in [0.1, 0.15) is 5.82 Å². The second-order valence-electron chi connectivity index (χ2n) is 4.48. The van der Waals surface area contributed by atoms with E-state index < -0.39 is 0 Å². The van der Waals surface area contributed by atoms with Crippen molar-refractivity contribution < 1.29 is 0 Å². The summed E-state index contributed by atoms with van der Waals surface area (Å²) in [6.45, 7) is 6.34. The van der Waals surface area contributed by atoms with Gasteiger partial charge in [-0.1, -0.05) is 25.1 Å². The molecule has 0 amide bonds. The van der Waals surface area contributed by atoms with Crippen LogP contribution in [0.1, 0.15) is 23.7 Å². The highest BCUT2D eigenvalue weighted by Crippen LogP contribution is 2.30. The number of aryl methyl sites for hydroxylation is 4. The van der Waals surface area contributed by atoms with Crippen molar-refractivity contribution in [1.29, 1.82) is 0 Å². The number of nitrogens with zero attached hydrogens (tertiary/aromatic N) is 2. The van der Waals surface area contributed by atoms with E-state index in [4.69, 9.17) is 5.73 Å². The van der Waals surface area contributed by atoms with Gasteiger partial charge in [0.15, 0.2) is 0 Å². The van der Waals surface area contributed by atoms with E-state index in [1.54, 1.807) is 4.68 Å². The first kappa shape index (κ1) is 11.7. The first-order valence-electron chi connectivity index (χ1n) is 5.93. The molecule has 0 aliphatic heterocycles. The molecule has 2 aromatic rings. The minimum atomic E-state index is 0.741. The van der Waals surface area contributed by atoms with Crippen LogP contribution in [0.25, 0.3) is 11.1 Å². The monoisotopic (exact) mass is 229 g/mol. The van der Waals surface area contributed by atoms with Crippen LogP contribution in [0.2, 0.25) is 0 Å². The van der Waals surface area contributed by atoms with E-state index in [1.807, 2.05) is 7.05 Å². The van der Waals surface area contributed by atoms with Gasteiger partial charge >= 0.3 is 0 Å². The van der Waals surface area contributed by atoms with E-state index in [9.17, 15) is 0 Å². The molecule has 0 aliphatic carbocycles. The first-order valence-corrected chi connectivity index (χ1v) is 5.93. The molecule has 1 aromatic heterocycles.